The van der Waals surface area contributed by atoms with Crippen LogP contribution in [-0.4, -0.2) is 11.8 Å². The van der Waals surface area contributed by atoms with E-state index in [4.69, 9.17) is 0 Å². The van der Waals surface area contributed by atoms with Crippen molar-refractivity contribution in [1.29, 1.82) is 0 Å². The number of hydrogen-bond donors (Lipinski definition) is 1. The molecule has 5 rings (SSSR count). The Bertz CT molecular complexity index is 1180. The first kappa shape index (κ1) is 15.5. The average molecular weight is 349 g/mol. The summed E-state index contributed by atoms with van der Waals surface area (Å²) in [7, 11) is 0. The first-order valence-electron chi connectivity index (χ1n) is 8.79. The molecule has 0 unspecified atom stereocenters. The van der Waals surface area contributed by atoms with Gasteiger partial charge in [-0.2, -0.15) is 0 Å². The highest BCUT2D eigenvalue weighted by Crippen LogP contribution is 2.33. The van der Waals surface area contributed by atoms with E-state index < -0.39 is 0 Å². The Morgan fingerprint density at radius 3 is 1.33 bits per heavy atom. The van der Waals surface area contributed by atoms with Crippen molar-refractivity contribution in [1.82, 2.24) is 5.32 Å². The van der Waals surface area contributed by atoms with Gasteiger partial charge in [0.2, 0.25) is 0 Å². The van der Waals surface area contributed by atoms with Crippen LogP contribution in [0.1, 0.15) is 11.1 Å². The molecule has 0 fully saturated rings. The van der Waals surface area contributed by atoms with Crippen LogP contribution in [0.2, 0.25) is 0 Å². The molecule has 0 saturated heterocycles. The van der Waals surface area contributed by atoms with Gasteiger partial charge in [0.25, 0.3) is 11.8 Å². The van der Waals surface area contributed by atoms with Crippen LogP contribution >= 0.6 is 0 Å². The van der Waals surface area contributed by atoms with Crippen LogP contribution < -0.4 is 5.32 Å². The number of imide groups is 1. The van der Waals surface area contributed by atoms with E-state index in [1.807, 2.05) is 84.9 Å². The van der Waals surface area contributed by atoms with E-state index in [-0.39, 0.29) is 11.8 Å². The summed E-state index contributed by atoms with van der Waals surface area (Å²) in [5, 5.41) is 6.72. The third-order valence-corrected chi connectivity index (χ3v) is 5.01. The van der Waals surface area contributed by atoms with Crippen LogP contribution in [0.15, 0.2) is 84.9 Å². The van der Waals surface area contributed by atoms with Gasteiger partial charge in [-0.15, -0.1) is 0 Å². The van der Waals surface area contributed by atoms with Crippen molar-refractivity contribution in [2.24, 2.45) is 0 Å². The number of carbonyl (C=O) groups is 2. The fourth-order valence-corrected chi connectivity index (χ4v) is 3.70. The highest BCUT2D eigenvalue weighted by atomic mass is 16.2. The Hall–Kier alpha value is -3.72. The summed E-state index contributed by atoms with van der Waals surface area (Å²) in [6, 6.07) is 27.6. The lowest BCUT2D eigenvalue weighted by Gasteiger charge is -2.07. The minimum atomic E-state index is -0.349. The number of hydrogen-bond acceptors (Lipinski definition) is 2. The molecule has 27 heavy (non-hydrogen) atoms. The molecule has 1 heterocycles. The zero-order valence-electron chi connectivity index (χ0n) is 14.4. The summed E-state index contributed by atoms with van der Waals surface area (Å²) >= 11 is 0. The highest BCUT2D eigenvalue weighted by Gasteiger charge is 2.32. The van der Waals surface area contributed by atoms with E-state index in [1.54, 1.807) is 0 Å². The van der Waals surface area contributed by atoms with Gasteiger partial charge < -0.3 is 0 Å². The predicted molar refractivity (Wildman–Crippen MR) is 108 cm³/mol. The molecule has 3 heteroatoms. The van der Waals surface area contributed by atoms with Gasteiger partial charge >= 0.3 is 0 Å². The number of amides is 2. The molecule has 0 spiro atoms. The molecule has 0 aromatic heterocycles. The molecule has 0 atom stereocenters. The Morgan fingerprint density at radius 1 is 0.481 bits per heavy atom. The van der Waals surface area contributed by atoms with Crippen molar-refractivity contribution in [3.63, 3.8) is 0 Å². The molecular weight excluding hydrogens is 334 g/mol. The topological polar surface area (TPSA) is 46.2 Å². The van der Waals surface area contributed by atoms with E-state index in [9.17, 15) is 9.59 Å². The maximum Gasteiger partial charge on any atom is 0.259 e. The van der Waals surface area contributed by atoms with Crippen molar-refractivity contribution >= 4 is 44.5 Å². The third kappa shape index (κ3) is 2.52. The van der Waals surface area contributed by atoms with Gasteiger partial charge in [-0.25, -0.2) is 0 Å². The molecule has 1 aliphatic heterocycles. The van der Waals surface area contributed by atoms with Gasteiger partial charge in [0, 0.05) is 0 Å². The Kier molecular flexibility index (Phi) is 3.41. The first-order valence-corrected chi connectivity index (χ1v) is 8.79. The SMILES string of the molecule is O=C1NC(=O)C(c2ccc3ccccc3c2)=C1c1ccc2ccccc2c1. The number of nitrogens with one attached hydrogen (secondary N) is 1. The van der Waals surface area contributed by atoms with Crippen LogP contribution in [-0.2, 0) is 9.59 Å². The quantitative estimate of drug-likeness (QED) is 0.539. The number of benzene rings is 4. The van der Waals surface area contributed by atoms with Crippen molar-refractivity contribution in [3.8, 4) is 0 Å². The van der Waals surface area contributed by atoms with Gasteiger partial charge in [0.15, 0.2) is 0 Å². The summed E-state index contributed by atoms with van der Waals surface area (Å²) in [6.07, 6.45) is 0. The van der Waals surface area contributed by atoms with Crippen LogP contribution in [0.4, 0.5) is 0 Å². The van der Waals surface area contributed by atoms with E-state index in [0.717, 1.165) is 32.7 Å². The van der Waals surface area contributed by atoms with E-state index in [0.29, 0.717) is 11.1 Å². The summed E-state index contributed by atoms with van der Waals surface area (Å²) in [5.41, 5.74) is 2.36. The molecule has 4 aromatic carbocycles. The lowest BCUT2D eigenvalue weighted by molar-refractivity contribution is -0.122. The van der Waals surface area contributed by atoms with Crippen LogP contribution in [0.3, 0.4) is 0 Å². The van der Waals surface area contributed by atoms with Crippen molar-refractivity contribution in [3.05, 3.63) is 96.1 Å². The molecule has 0 aliphatic carbocycles. The highest BCUT2D eigenvalue weighted by molar-refractivity contribution is 6.49. The zero-order valence-corrected chi connectivity index (χ0v) is 14.4. The zero-order chi connectivity index (χ0) is 18.4. The van der Waals surface area contributed by atoms with Crippen molar-refractivity contribution in [2.45, 2.75) is 0 Å². The summed E-state index contributed by atoms with van der Waals surface area (Å²) < 4.78 is 0. The Morgan fingerprint density at radius 2 is 0.889 bits per heavy atom. The molecule has 0 saturated carbocycles. The Labute approximate surface area is 155 Å². The van der Waals surface area contributed by atoms with Crippen molar-refractivity contribution < 1.29 is 9.59 Å². The normalized spacial score (nSPS) is 14.2. The van der Waals surface area contributed by atoms with E-state index >= 15 is 0 Å². The molecular formula is C24H15NO2. The predicted octanol–water partition coefficient (Wildman–Crippen LogP) is 4.56. The lowest BCUT2D eigenvalue weighted by Crippen LogP contribution is -2.22. The summed E-state index contributed by atoms with van der Waals surface area (Å²) in [4.78, 5) is 25.2. The van der Waals surface area contributed by atoms with E-state index in [1.165, 1.54) is 0 Å². The molecule has 0 bridgehead atoms. The average Bonchev–Trinajstić information content (AvgIpc) is 3.01. The van der Waals surface area contributed by atoms with Crippen LogP contribution in [0, 0.1) is 0 Å². The van der Waals surface area contributed by atoms with E-state index in [2.05, 4.69) is 5.32 Å². The molecule has 0 radical (unpaired) electrons. The molecule has 1 aliphatic rings. The first-order chi connectivity index (χ1) is 13.2. The molecule has 128 valence electrons. The number of rotatable bonds is 2. The monoisotopic (exact) mass is 349 g/mol. The number of carbonyl (C=O) groups excluding carboxylic acids is 2. The van der Waals surface area contributed by atoms with Crippen LogP contribution in [0.5, 0.6) is 0 Å². The summed E-state index contributed by atoms with van der Waals surface area (Å²) in [6.45, 7) is 0. The second kappa shape index (κ2) is 5.92. The maximum absolute atomic E-state index is 12.6. The molecule has 3 nitrogen and oxygen atoms in total. The van der Waals surface area contributed by atoms with Gasteiger partial charge in [-0.3, -0.25) is 14.9 Å². The number of fused-ring (bicyclic) bond motifs is 2. The summed E-state index contributed by atoms with van der Waals surface area (Å²) in [5.74, 6) is -0.697. The van der Waals surface area contributed by atoms with Crippen LogP contribution in [0.25, 0.3) is 32.7 Å². The third-order valence-electron chi connectivity index (χ3n) is 5.01. The largest absolute Gasteiger partial charge is 0.288 e. The fourth-order valence-electron chi connectivity index (χ4n) is 3.70. The van der Waals surface area contributed by atoms with Gasteiger partial charge in [-0.1, -0.05) is 72.8 Å². The maximum atomic E-state index is 12.6. The smallest absolute Gasteiger partial charge is 0.259 e. The molecule has 4 aromatic rings. The molecule has 1 N–H and O–H groups in total. The molecule has 2 amide bonds. The second-order valence-corrected chi connectivity index (χ2v) is 6.66. The Balaban J connectivity index is 1.75. The lowest BCUT2D eigenvalue weighted by atomic mass is 9.93. The standard InChI is InChI=1S/C24H15NO2/c26-23-21(19-11-9-15-5-1-3-7-17(15)13-19)22(24(27)25-23)20-12-10-16-6-2-4-8-18(16)14-20/h1-14H,(H,25,26,27). The second-order valence-electron chi connectivity index (χ2n) is 6.66. The van der Waals surface area contributed by atoms with Gasteiger partial charge in [0.05, 0.1) is 11.1 Å². The fraction of sp³-hybridized carbons (Fsp3) is 0. The van der Waals surface area contributed by atoms with Gasteiger partial charge in [-0.05, 0) is 44.8 Å². The van der Waals surface area contributed by atoms with Gasteiger partial charge in [0.1, 0.15) is 0 Å². The van der Waals surface area contributed by atoms with Crippen molar-refractivity contribution in [2.75, 3.05) is 0 Å². The minimum Gasteiger partial charge on any atom is -0.288 e. The minimum absolute atomic E-state index is 0.349.